The van der Waals surface area contributed by atoms with Gasteiger partial charge in [-0.1, -0.05) is 20.8 Å². The smallest absolute Gasteiger partial charge is 0.305 e. The number of carbonyl (C=O) groups is 2. The lowest BCUT2D eigenvalue weighted by Gasteiger charge is -2.52. The molecule has 0 radical (unpaired) electrons. The van der Waals surface area contributed by atoms with Crippen LogP contribution in [0.2, 0.25) is 0 Å². The van der Waals surface area contributed by atoms with Crippen molar-refractivity contribution in [2.45, 2.75) is 91.0 Å². The molecule has 0 amide bonds. The number of aliphatic hydroxyl groups is 2. The van der Waals surface area contributed by atoms with Gasteiger partial charge < -0.3 is 20.1 Å². The number of carboxylic acid groups (broad SMARTS) is 1. The highest BCUT2D eigenvalue weighted by molar-refractivity contribution is 5.67. The van der Waals surface area contributed by atoms with Crippen molar-refractivity contribution in [1.82, 2.24) is 0 Å². The second-order valence-corrected chi connectivity index (χ2v) is 9.52. The summed E-state index contributed by atoms with van der Waals surface area (Å²) in [5.74, 6) is 1.55. The number of carbonyl (C=O) groups excluding carboxylic acids is 1. The van der Waals surface area contributed by atoms with E-state index < -0.39 is 18.2 Å². The number of aliphatic carboxylic acids is 1. The number of hydrogen-bond acceptors (Lipinski definition) is 5. The molecule has 2 aliphatic carbocycles. The third-order valence-corrected chi connectivity index (χ3v) is 7.16. The Hall–Kier alpha value is -1.14. The molecule has 2 saturated carbocycles. The van der Waals surface area contributed by atoms with E-state index in [0.717, 1.165) is 25.7 Å². The molecule has 162 valence electrons. The molecule has 0 aromatic rings. The van der Waals surface area contributed by atoms with Crippen molar-refractivity contribution in [3.8, 4) is 0 Å². The Balaban J connectivity index is 2.05. The van der Waals surface area contributed by atoms with Gasteiger partial charge in [0.1, 0.15) is 6.10 Å². The standard InChI is InChI=1S/C22H38O6/c1-12-7-16-9-13(2)14(3)19(22(16)20(8-12)28-15(4)23)6-5-17(24)10-18(25)11-21(26)27/h12-14,16-20,22,24-25H,5-11H2,1-4H3,(H,26,27). The number of carboxylic acids is 1. The highest BCUT2D eigenvalue weighted by Gasteiger charge is 2.48. The minimum atomic E-state index is -1.06. The third-order valence-electron chi connectivity index (χ3n) is 7.16. The van der Waals surface area contributed by atoms with Gasteiger partial charge in [-0.05, 0) is 68.1 Å². The van der Waals surface area contributed by atoms with Crippen molar-refractivity contribution in [3.63, 3.8) is 0 Å². The Bertz CT molecular complexity index is 535. The molecule has 2 aliphatic rings. The fourth-order valence-electron chi connectivity index (χ4n) is 5.87. The van der Waals surface area contributed by atoms with E-state index in [0.29, 0.717) is 41.9 Å². The van der Waals surface area contributed by atoms with E-state index in [1.165, 1.54) is 6.92 Å². The van der Waals surface area contributed by atoms with Gasteiger partial charge in [0, 0.05) is 12.8 Å². The molecule has 3 N–H and O–H groups in total. The molecule has 2 rings (SSSR count). The first-order chi connectivity index (χ1) is 13.1. The molecule has 9 unspecified atom stereocenters. The third kappa shape index (κ3) is 6.18. The summed E-state index contributed by atoms with van der Waals surface area (Å²) < 4.78 is 5.75. The van der Waals surface area contributed by atoms with Gasteiger partial charge in [-0.2, -0.15) is 0 Å². The van der Waals surface area contributed by atoms with Crippen molar-refractivity contribution in [1.29, 1.82) is 0 Å². The van der Waals surface area contributed by atoms with E-state index in [1.807, 2.05) is 0 Å². The summed E-state index contributed by atoms with van der Waals surface area (Å²) in [6.07, 6.45) is 2.51. The zero-order valence-electron chi connectivity index (χ0n) is 17.7. The van der Waals surface area contributed by atoms with Crippen LogP contribution in [0.15, 0.2) is 0 Å². The van der Waals surface area contributed by atoms with Gasteiger partial charge in [0.2, 0.25) is 0 Å². The lowest BCUT2D eigenvalue weighted by molar-refractivity contribution is -0.162. The molecule has 9 atom stereocenters. The maximum Gasteiger partial charge on any atom is 0.305 e. The van der Waals surface area contributed by atoms with Crippen molar-refractivity contribution < 1.29 is 29.6 Å². The van der Waals surface area contributed by atoms with E-state index in [1.54, 1.807) is 0 Å². The van der Waals surface area contributed by atoms with Crippen LogP contribution in [0, 0.1) is 35.5 Å². The molecule has 0 aliphatic heterocycles. The second kappa shape index (κ2) is 10.1. The molecule has 0 heterocycles. The lowest BCUT2D eigenvalue weighted by atomic mass is 9.55. The van der Waals surface area contributed by atoms with Gasteiger partial charge in [0.15, 0.2) is 0 Å². The highest BCUT2D eigenvalue weighted by atomic mass is 16.5. The van der Waals surface area contributed by atoms with Gasteiger partial charge in [0.25, 0.3) is 0 Å². The maximum atomic E-state index is 11.7. The Morgan fingerprint density at radius 3 is 2.36 bits per heavy atom. The summed E-state index contributed by atoms with van der Waals surface area (Å²) in [6.45, 7) is 8.27. The zero-order chi connectivity index (χ0) is 21.0. The van der Waals surface area contributed by atoms with Gasteiger partial charge >= 0.3 is 11.9 Å². The second-order valence-electron chi connectivity index (χ2n) is 9.52. The van der Waals surface area contributed by atoms with Crippen LogP contribution in [0.5, 0.6) is 0 Å². The summed E-state index contributed by atoms with van der Waals surface area (Å²) in [6, 6.07) is 0. The fraction of sp³-hybridized carbons (Fsp3) is 0.909. The highest BCUT2D eigenvalue weighted by Crippen LogP contribution is 2.52. The molecular formula is C22H38O6. The summed E-state index contributed by atoms with van der Waals surface area (Å²) in [5.41, 5.74) is 0. The van der Waals surface area contributed by atoms with Crippen LogP contribution in [0.1, 0.15) is 72.6 Å². The first-order valence-electron chi connectivity index (χ1n) is 10.8. The average Bonchev–Trinajstić information content (AvgIpc) is 2.53. The molecule has 0 saturated heterocycles. The number of esters is 1. The fourth-order valence-corrected chi connectivity index (χ4v) is 5.87. The SMILES string of the molecule is CC(=O)OC1CC(C)CC2CC(C)C(C)C(CCC(O)CC(O)CC(=O)O)C21. The molecular weight excluding hydrogens is 360 g/mol. The molecule has 6 heteroatoms. The molecule has 0 bridgehead atoms. The first-order valence-corrected chi connectivity index (χ1v) is 10.8. The summed E-state index contributed by atoms with van der Waals surface area (Å²) in [5, 5.41) is 28.9. The predicted octanol–water partition coefficient (Wildman–Crippen LogP) is 3.24. The summed E-state index contributed by atoms with van der Waals surface area (Å²) in [7, 11) is 0. The van der Waals surface area contributed by atoms with Gasteiger partial charge in [-0.3, -0.25) is 9.59 Å². The molecule has 2 fully saturated rings. The lowest BCUT2D eigenvalue weighted by Crippen LogP contribution is -2.49. The Labute approximate surface area is 168 Å². The quantitative estimate of drug-likeness (QED) is 0.542. The van der Waals surface area contributed by atoms with Crippen LogP contribution in [-0.2, 0) is 14.3 Å². The largest absolute Gasteiger partial charge is 0.481 e. The molecule has 28 heavy (non-hydrogen) atoms. The van der Waals surface area contributed by atoms with E-state index in [4.69, 9.17) is 9.84 Å². The van der Waals surface area contributed by atoms with Gasteiger partial charge in [0.05, 0.1) is 18.6 Å². The van der Waals surface area contributed by atoms with E-state index in [2.05, 4.69) is 20.8 Å². The van der Waals surface area contributed by atoms with E-state index >= 15 is 0 Å². The van der Waals surface area contributed by atoms with Crippen LogP contribution in [0.25, 0.3) is 0 Å². The Morgan fingerprint density at radius 2 is 1.75 bits per heavy atom. The van der Waals surface area contributed by atoms with E-state index in [-0.39, 0.29) is 24.9 Å². The number of ether oxygens (including phenoxy) is 1. The zero-order valence-corrected chi connectivity index (χ0v) is 17.7. The molecule has 0 aromatic carbocycles. The minimum absolute atomic E-state index is 0.0547. The monoisotopic (exact) mass is 398 g/mol. The van der Waals surface area contributed by atoms with Crippen LogP contribution in [0.4, 0.5) is 0 Å². The average molecular weight is 399 g/mol. The van der Waals surface area contributed by atoms with Crippen LogP contribution < -0.4 is 0 Å². The summed E-state index contributed by atoms with van der Waals surface area (Å²) in [4.78, 5) is 22.4. The number of hydrogen-bond donors (Lipinski definition) is 3. The van der Waals surface area contributed by atoms with Crippen molar-refractivity contribution in [2.75, 3.05) is 0 Å². The van der Waals surface area contributed by atoms with Crippen LogP contribution in [-0.4, -0.2) is 45.6 Å². The Morgan fingerprint density at radius 1 is 1.07 bits per heavy atom. The number of rotatable bonds is 8. The molecule has 0 spiro atoms. The first kappa shape index (κ1) is 23.1. The molecule has 0 aromatic heterocycles. The topological polar surface area (TPSA) is 104 Å². The van der Waals surface area contributed by atoms with Gasteiger partial charge in [-0.25, -0.2) is 0 Å². The molecule has 6 nitrogen and oxygen atoms in total. The number of fused-ring (bicyclic) bond motifs is 1. The normalized spacial score (nSPS) is 37.6. The maximum absolute atomic E-state index is 11.7. The van der Waals surface area contributed by atoms with Gasteiger partial charge in [-0.15, -0.1) is 0 Å². The summed E-state index contributed by atoms with van der Waals surface area (Å²) >= 11 is 0. The minimum Gasteiger partial charge on any atom is -0.481 e. The van der Waals surface area contributed by atoms with Crippen LogP contribution >= 0.6 is 0 Å². The Kier molecular flexibility index (Phi) is 8.31. The van der Waals surface area contributed by atoms with Crippen molar-refractivity contribution >= 4 is 11.9 Å². The van der Waals surface area contributed by atoms with Crippen molar-refractivity contribution in [3.05, 3.63) is 0 Å². The van der Waals surface area contributed by atoms with Crippen molar-refractivity contribution in [2.24, 2.45) is 35.5 Å². The van der Waals surface area contributed by atoms with Crippen LogP contribution in [0.3, 0.4) is 0 Å². The van der Waals surface area contributed by atoms with E-state index in [9.17, 15) is 19.8 Å². The predicted molar refractivity (Wildman–Crippen MR) is 105 cm³/mol. The number of aliphatic hydroxyl groups excluding tert-OH is 2.